The first kappa shape index (κ1) is 14.7. The molecule has 1 aromatic heterocycles. The van der Waals surface area contributed by atoms with Crippen LogP contribution in [0.15, 0.2) is 22.5 Å². The van der Waals surface area contributed by atoms with Crippen LogP contribution in [0.3, 0.4) is 0 Å². The molecule has 1 N–H and O–H groups in total. The molecule has 8 heteroatoms. The molecule has 0 atom stereocenters. The lowest BCUT2D eigenvalue weighted by Crippen LogP contribution is -2.07. The maximum Gasteiger partial charge on any atom is 0.335 e. The van der Waals surface area contributed by atoms with E-state index < -0.39 is 11.8 Å². The molecule has 2 aromatic rings. The molecule has 1 heterocycles. The first-order valence-corrected chi connectivity index (χ1v) is 7.42. The zero-order valence-electron chi connectivity index (χ0n) is 10.8. The fourth-order valence-corrected chi connectivity index (χ4v) is 3.14. The number of rotatable bonds is 5. The molecule has 106 valence electrons. The number of carboxylic acid groups (broad SMARTS) is 1. The van der Waals surface area contributed by atoms with Gasteiger partial charge in [0.05, 0.1) is 5.56 Å². The van der Waals surface area contributed by atoms with Gasteiger partial charge in [-0.3, -0.25) is 0 Å². The van der Waals surface area contributed by atoms with Crippen LogP contribution >= 0.6 is 23.1 Å². The van der Waals surface area contributed by atoms with Crippen LogP contribution in [0.25, 0.3) is 0 Å². The largest absolute Gasteiger partial charge is 0.478 e. The van der Waals surface area contributed by atoms with E-state index in [2.05, 4.69) is 10.2 Å². The molecule has 20 heavy (non-hydrogen) atoms. The van der Waals surface area contributed by atoms with Crippen LogP contribution < -0.4 is 4.90 Å². The number of carboxylic acids is 1. The van der Waals surface area contributed by atoms with Gasteiger partial charge in [-0.25, -0.2) is 9.18 Å². The molecule has 0 spiro atoms. The van der Waals surface area contributed by atoms with E-state index in [0.29, 0.717) is 11.3 Å². The van der Waals surface area contributed by atoms with Crippen LogP contribution in [-0.4, -0.2) is 35.4 Å². The summed E-state index contributed by atoms with van der Waals surface area (Å²) in [4.78, 5) is 12.7. The third-order valence-corrected chi connectivity index (χ3v) is 4.64. The van der Waals surface area contributed by atoms with Gasteiger partial charge in [0.25, 0.3) is 0 Å². The third kappa shape index (κ3) is 3.67. The second-order valence-corrected chi connectivity index (χ2v) is 6.37. The van der Waals surface area contributed by atoms with Crippen LogP contribution in [0.5, 0.6) is 0 Å². The number of aromatic nitrogens is 2. The Labute approximate surface area is 123 Å². The number of benzene rings is 1. The first-order valence-electron chi connectivity index (χ1n) is 5.62. The summed E-state index contributed by atoms with van der Waals surface area (Å²) in [7, 11) is 3.75. The Balaban J connectivity index is 2.08. The normalized spacial score (nSPS) is 10.6. The Hall–Kier alpha value is -1.67. The second-order valence-electron chi connectivity index (χ2n) is 4.19. The molecule has 0 saturated heterocycles. The van der Waals surface area contributed by atoms with Crippen molar-refractivity contribution in [1.82, 2.24) is 10.2 Å². The number of aromatic carboxylic acids is 1. The average Bonchev–Trinajstić information content (AvgIpc) is 2.84. The fourth-order valence-electron chi connectivity index (χ4n) is 1.44. The van der Waals surface area contributed by atoms with Crippen LogP contribution in [0, 0.1) is 5.82 Å². The summed E-state index contributed by atoms with van der Waals surface area (Å²) in [5.41, 5.74) is 0.556. The predicted molar refractivity (Wildman–Crippen MR) is 77.2 cm³/mol. The van der Waals surface area contributed by atoms with Crippen molar-refractivity contribution < 1.29 is 14.3 Å². The minimum Gasteiger partial charge on any atom is -0.478 e. The van der Waals surface area contributed by atoms with Crippen molar-refractivity contribution in [3.05, 3.63) is 35.1 Å². The van der Waals surface area contributed by atoms with E-state index >= 15 is 0 Å². The Morgan fingerprint density at radius 1 is 1.40 bits per heavy atom. The number of carbonyl (C=O) groups is 1. The van der Waals surface area contributed by atoms with Crippen LogP contribution in [0.1, 0.15) is 15.9 Å². The van der Waals surface area contributed by atoms with Crippen molar-refractivity contribution in [3.63, 3.8) is 0 Å². The highest BCUT2D eigenvalue weighted by Gasteiger charge is 2.10. The van der Waals surface area contributed by atoms with Crippen molar-refractivity contribution in [2.24, 2.45) is 0 Å². The summed E-state index contributed by atoms with van der Waals surface area (Å²) < 4.78 is 14.1. The van der Waals surface area contributed by atoms with Crippen molar-refractivity contribution in [2.75, 3.05) is 19.0 Å². The van der Waals surface area contributed by atoms with Crippen molar-refractivity contribution in [2.45, 2.75) is 10.1 Å². The molecule has 0 saturated carbocycles. The minimum absolute atomic E-state index is 0.0492. The third-order valence-electron chi connectivity index (χ3n) is 2.35. The Kier molecular flexibility index (Phi) is 4.56. The van der Waals surface area contributed by atoms with Gasteiger partial charge < -0.3 is 10.0 Å². The maximum absolute atomic E-state index is 13.3. The summed E-state index contributed by atoms with van der Waals surface area (Å²) in [5.74, 6) is -1.24. The highest BCUT2D eigenvalue weighted by molar-refractivity contribution is 8.00. The van der Waals surface area contributed by atoms with Gasteiger partial charge in [-0.15, -0.1) is 10.2 Å². The fraction of sp³-hybridized carbons (Fsp3) is 0.250. The van der Waals surface area contributed by atoms with E-state index in [1.807, 2.05) is 19.0 Å². The molecule has 0 fully saturated rings. The average molecular weight is 313 g/mol. The molecule has 0 unspecified atom stereocenters. The van der Waals surface area contributed by atoms with Crippen LogP contribution in [-0.2, 0) is 5.75 Å². The molecule has 0 radical (unpaired) electrons. The molecule has 1 aromatic carbocycles. The quantitative estimate of drug-likeness (QED) is 0.856. The summed E-state index contributed by atoms with van der Waals surface area (Å²) in [6.07, 6.45) is 0. The smallest absolute Gasteiger partial charge is 0.335 e. The maximum atomic E-state index is 13.3. The van der Waals surface area contributed by atoms with Gasteiger partial charge in [-0.05, 0) is 23.8 Å². The molecular formula is C12H12FN3O2S2. The highest BCUT2D eigenvalue weighted by atomic mass is 32.2. The number of thioether (sulfide) groups is 1. The van der Waals surface area contributed by atoms with Crippen molar-refractivity contribution in [3.8, 4) is 0 Å². The zero-order chi connectivity index (χ0) is 14.7. The highest BCUT2D eigenvalue weighted by Crippen LogP contribution is 2.29. The molecule has 0 aliphatic heterocycles. The van der Waals surface area contributed by atoms with Crippen molar-refractivity contribution >= 4 is 34.2 Å². The van der Waals surface area contributed by atoms with E-state index in [4.69, 9.17) is 5.11 Å². The van der Waals surface area contributed by atoms with Gasteiger partial charge in [0.15, 0.2) is 4.34 Å². The lowest BCUT2D eigenvalue weighted by Gasteiger charge is -2.04. The lowest BCUT2D eigenvalue weighted by molar-refractivity contribution is 0.0696. The molecule has 5 nitrogen and oxygen atoms in total. The van der Waals surface area contributed by atoms with Crippen LogP contribution in [0.2, 0.25) is 0 Å². The van der Waals surface area contributed by atoms with Crippen molar-refractivity contribution in [1.29, 1.82) is 0 Å². The Morgan fingerprint density at radius 3 is 2.75 bits per heavy atom. The van der Waals surface area contributed by atoms with E-state index in [-0.39, 0.29) is 5.56 Å². The standard InChI is InChI=1S/C12H12FN3O2S2/c1-16(2)11-14-15-12(20-11)19-6-7-3-8(10(17)18)5-9(13)4-7/h3-5H,6H2,1-2H3,(H,17,18). The van der Waals surface area contributed by atoms with Gasteiger partial charge in [0.2, 0.25) is 5.13 Å². The van der Waals surface area contributed by atoms with E-state index in [9.17, 15) is 9.18 Å². The topological polar surface area (TPSA) is 66.3 Å². The molecule has 0 amide bonds. The molecular weight excluding hydrogens is 301 g/mol. The minimum atomic E-state index is -1.14. The van der Waals surface area contributed by atoms with E-state index in [1.165, 1.54) is 35.2 Å². The SMILES string of the molecule is CN(C)c1nnc(SCc2cc(F)cc(C(=O)O)c2)s1. The van der Waals surface area contributed by atoms with Gasteiger partial charge in [0, 0.05) is 19.8 Å². The van der Waals surface area contributed by atoms with Gasteiger partial charge >= 0.3 is 5.97 Å². The Morgan fingerprint density at radius 2 is 2.15 bits per heavy atom. The summed E-state index contributed by atoms with van der Waals surface area (Å²) in [6, 6.07) is 3.80. The number of halogens is 1. The Bertz CT molecular complexity index is 631. The predicted octanol–water partition coefficient (Wildman–Crippen LogP) is 2.73. The van der Waals surface area contributed by atoms with Gasteiger partial charge in [-0.2, -0.15) is 0 Å². The monoisotopic (exact) mass is 313 g/mol. The van der Waals surface area contributed by atoms with Crippen LogP contribution in [0.4, 0.5) is 9.52 Å². The molecule has 0 aliphatic carbocycles. The second kappa shape index (κ2) is 6.19. The molecule has 0 aliphatic rings. The lowest BCUT2D eigenvalue weighted by atomic mass is 10.1. The van der Waals surface area contributed by atoms with Gasteiger partial charge in [0.1, 0.15) is 5.82 Å². The first-order chi connectivity index (χ1) is 9.45. The van der Waals surface area contributed by atoms with E-state index in [0.717, 1.165) is 15.5 Å². The summed E-state index contributed by atoms with van der Waals surface area (Å²) >= 11 is 2.83. The number of hydrogen-bond donors (Lipinski definition) is 1. The molecule has 0 bridgehead atoms. The number of anilines is 1. The van der Waals surface area contributed by atoms with Gasteiger partial charge in [-0.1, -0.05) is 23.1 Å². The summed E-state index contributed by atoms with van der Waals surface area (Å²) in [5, 5.41) is 17.7. The zero-order valence-corrected chi connectivity index (χ0v) is 12.5. The van der Waals surface area contributed by atoms with E-state index in [1.54, 1.807) is 0 Å². The summed E-state index contributed by atoms with van der Waals surface area (Å²) in [6.45, 7) is 0. The number of nitrogens with zero attached hydrogens (tertiary/aromatic N) is 3. The number of hydrogen-bond acceptors (Lipinski definition) is 6. The molecule has 2 rings (SSSR count).